The Kier molecular flexibility index (Phi) is 5.34. The molecule has 0 aromatic heterocycles. The van der Waals surface area contributed by atoms with Gasteiger partial charge in [-0.2, -0.15) is 0 Å². The number of hydrogen-bond acceptors (Lipinski definition) is 1. The molecule has 0 aliphatic carbocycles. The molecule has 0 unspecified atom stereocenters. The van der Waals surface area contributed by atoms with Gasteiger partial charge in [0.05, 0.1) is 0 Å². The van der Waals surface area contributed by atoms with Crippen LogP contribution >= 0.6 is 11.6 Å². The third kappa shape index (κ3) is 3.65. The largest absolute Gasteiger partial charge is 0.328 e. The molecule has 0 heterocycles. The van der Waals surface area contributed by atoms with Crippen molar-refractivity contribution in [2.75, 3.05) is 0 Å². The summed E-state index contributed by atoms with van der Waals surface area (Å²) in [5.74, 6) is -1.27. The summed E-state index contributed by atoms with van der Waals surface area (Å²) in [5.41, 5.74) is 6.57. The normalized spacial score (nSPS) is 12.8. The van der Waals surface area contributed by atoms with Crippen molar-refractivity contribution in [1.29, 1.82) is 0 Å². The first kappa shape index (κ1) is 14.4. The van der Waals surface area contributed by atoms with Gasteiger partial charge in [0.15, 0.2) is 0 Å². The monoisotopic (exact) mass is 261 g/mol. The predicted molar refractivity (Wildman–Crippen MR) is 67.3 cm³/mol. The summed E-state index contributed by atoms with van der Waals surface area (Å²) in [6, 6.07) is 1.66. The number of rotatable bonds is 5. The van der Waals surface area contributed by atoms with E-state index < -0.39 is 11.6 Å². The van der Waals surface area contributed by atoms with Crippen LogP contribution in [0, 0.1) is 11.6 Å². The van der Waals surface area contributed by atoms with Crippen LogP contribution in [0.15, 0.2) is 6.07 Å². The molecule has 0 bridgehead atoms. The van der Waals surface area contributed by atoms with E-state index in [4.69, 9.17) is 17.3 Å². The molecular weight excluding hydrogens is 244 g/mol. The smallest absolute Gasteiger partial charge is 0.147 e. The second-order valence-electron chi connectivity index (χ2n) is 4.36. The van der Waals surface area contributed by atoms with Gasteiger partial charge < -0.3 is 5.73 Å². The van der Waals surface area contributed by atoms with Gasteiger partial charge in [0.1, 0.15) is 16.7 Å². The summed E-state index contributed by atoms with van der Waals surface area (Å²) in [7, 11) is 0. The second kappa shape index (κ2) is 6.31. The van der Waals surface area contributed by atoms with Gasteiger partial charge in [-0.15, -0.1) is 0 Å². The minimum absolute atomic E-state index is 0.0969. The summed E-state index contributed by atoms with van der Waals surface area (Å²) in [5, 5.41) is -0.389. The first-order chi connectivity index (χ1) is 7.97. The van der Waals surface area contributed by atoms with Gasteiger partial charge in [0, 0.05) is 6.04 Å². The highest BCUT2D eigenvalue weighted by molar-refractivity contribution is 6.31. The maximum Gasteiger partial charge on any atom is 0.147 e. The quantitative estimate of drug-likeness (QED) is 0.801. The molecule has 1 rings (SSSR count). The molecule has 1 aromatic carbocycles. The lowest BCUT2D eigenvalue weighted by Crippen LogP contribution is -2.14. The zero-order chi connectivity index (χ0) is 13.0. The van der Waals surface area contributed by atoms with Crippen LogP contribution in [0.4, 0.5) is 8.78 Å². The minimum atomic E-state index is -0.636. The molecule has 4 heteroatoms. The van der Waals surface area contributed by atoms with Crippen LogP contribution in [0.3, 0.4) is 0 Å². The molecule has 96 valence electrons. The van der Waals surface area contributed by atoms with Gasteiger partial charge >= 0.3 is 0 Å². The molecule has 0 aliphatic rings. The molecular formula is C13H18ClF2N. The lowest BCUT2D eigenvalue weighted by molar-refractivity contribution is 0.554. The Bertz CT molecular complexity index is 391. The van der Waals surface area contributed by atoms with Crippen LogP contribution in [-0.2, 0) is 12.8 Å². The Morgan fingerprint density at radius 1 is 1.29 bits per heavy atom. The van der Waals surface area contributed by atoms with Gasteiger partial charge in [-0.25, -0.2) is 8.78 Å². The number of nitrogens with two attached hydrogens (primary N) is 1. The molecule has 1 nitrogen and oxygen atoms in total. The summed E-state index contributed by atoms with van der Waals surface area (Å²) < 4.78 is 27.2. The van der Waals surface area contributed by atoms with Gasteiger partial charge in [0.2, 0.25) is 0 Å². The van der Waals surface area contributed by atoms with Crippen molar-refractivity contribution in [3.8, 4) is 0 Å². The van der Waals surface area contributed by atoms with Gasteiger partial charge in [-0.1, -0.05) is 18.5 Å². The molecule has 0 amide bonds. The van der Waals surface area contributed by atoms with Crippen LogP contribution in [0.1, 0.15) is 37.8 Å². The fourth-order valence-electron chi connectivity index (χ4n) is 1.77. The van der Waals surface area contributed by atoms with Crippen molar-refractivity contribution in [2.45, 2.75) is 45.6 Å². The van der Waals surface area contributed by atoms with E-state index in [1.54, 1.807) is 6.07 Å². The van der Waals surface area contributed by atoms with E-state index in [-0.39, 0.29) is 11.1 Å². The van der Waals surface area contributed by atoms with E-state index in [9.17, 15) is 8.78 Å². The molecule has 0 aliphatic heterocycles. The fourth-order valence-corrected chi connectivity index (χ4v) is 2.01. The molecule has 17 heavy (non-hydrogen) atoms. The van der Waals surface area contributed by atoms with Crippen molar-refractivity contribution >= 4 is 11.6 Å². The molecule has 0 radical (unpaired) electrons. The zero-order valence-corrected chi connectivity index (χ0v) is 11.0. The lowest BCUT2D eigenvalue weighted by atomic mass is 10.0. The van der Waals surface area contributed by atoms with Gasteiger partial charge in [-0.05, 0) is 49.8 Å². The first-order valence-electron chi connectivity index (χ1n) is 5.88. The Balaban J connectivity index is 2.88. The van der Waals surface area contributed by atoms with Gasteiger partial charge in [-0.3, -0.25) is 0 Å². The number of hydrogen-bond donors (Lipinski definition) is 1. The van der Waals surface area contributed by atoms with E-state index in [1.807, 2.05) is 13.8 Å². The van der Waals surface area contributed by atoms with E-state index in [1.165, 1.54) is 0 Å². The van der Waals surface area contributed by atoms with E-state index in [2.05, 4.69) is 0 Å². The minimum Gasteiger partial charge on any atom is -0.328 e. The van der Waals surface area contributed by atoms with E-state index in [0.717, 1.165) is 12.8 Å². The summed E-state index contributed by atoms with van der Waals surface area (Å²) >= 11 is 5.63. The molecule has 0 saturated heterocycles. The Labute approximate surface area is 106 Å². The Hall–Kier alpha value is -0.670. The number of halogens is 3. The fraction of sp³-hybridized carbons (Fsp3) is 0.538. The number of aryl methyl sites for hydroxylation is 2. The third-order valence-electron chi connectivity index (χ3n) is 2.78. The topological polar surface area (TPSA) is 26.0 Å². The van der Waals surface area contributed by atoms with Gasteiger partial charge in [0.25, 0.3) is 0 Å². The molecule has 1 atom stereocenters. The van der Waals surface area contributed by atoms with Crippen LogP contribution in [0.25, 0.3) is 0 Å². The second-order valence-corrected chi connectivity index (χ2v) is 4.74. The summed E-state index contributed by atoms with van der Waals surface area (Å²) in [4.78, 5) is 0. The highest BCUT2D eigenvalue weighted by Gasteiger charge is 2.15. The van der Waals surface area contributed by atoms with Crippen molar-refractivity contribution in [3.05, 3.63) is 33.9 Å². The SMILES string of the molecule is CCc1cc(CCC[C@H](C)N)c(F)c(Cl)c1F. The van der Waals surface area contributed by atoms with Crippen molar-refractivity contribution in [3.63, 3.8) is 0 Å². The molecule has 1 aromatic rings. The Morgan fingerprint density at radius 3 is 2.41 bits per heavy atom. The Morgan fingerprint density at radius 2 is 1.88 bits per heavy atom. The molecule has 0 saturated carbocycles. The predicted octanol–water partition coefficient (Wildman–Crippen LogP) is 3.85. The molecule has 0 spiro atoms. The molecule has 0 fully saturated rings. The number of benzene rings is 1. The van der Waals surface area contributed by atoms with Crippen LogP contribution in [-0.4, -0.2) is 6.04 Å². The van der Waals surface area contributed by atoms with Crippen molar-refractivity contribution in [1.82, 2.24) is 0 Å². The van der Waals surface area contributed by atoms with E-state index in [0.29, 0.717) is 24.0 Å². The summed E-state index contributed by atoms with van der Waals surface area (Å²) in [6.45, 7) is 3.73. The summed E-state index contributed by atoms with van der Waals surface area (Å²) in [6.07, 6.45) is 2.64. The average Bonchev–Trinajstić information content (AvgIpc) is 2.29. The zero-order valence-electron chi connectivity index (χ0n) is 10.2. The highest BCUT2D eigenvalue weighted by atomic mass is 35.5. The maximum atomic E-state index is 13.7. The molecule has 2 N–H and O–H groups in total. The van der Waals surface area contributed by atoms with Crippen molar-refractivity contribution in [2.24, 2.45) is 5.73 Å². The van der Waals surface area contributed by atoms with E-state index >= 15 is 0 Å². The average molecular weight is 262 g/mol. The third-order valence-corrected chi connectivity index (χ3v) is 3.12. The van der Waals surface area contributed by atoms with Crippen LogP contribution in [0.2, 0.25) is 5.02 Å². The van der Waals surface area contributed by atoms with Crippen LogP contribution in [0.5, 0.6) is 0 Å². The maximum absolute atomic E-state index is 13.7. The van der Waals surface area contributed by atoms with Crippen molar-refractivity contribution < 1.29 is 8.78 Å². The first-order valence-corrected chi connectivity index (χ1v) is 6.26. The highest BCUT2D eigenvalue weighted by Crippen LogP contribution is 2.27. The standard InChI is InChI=1S/C13H18ClF2N/c1-3-9-7-10(6-4-5-8(2)17)13(16)11(14)12(9)15/h7-8H,3-6,17H2,1-2H3/t8-/m0/s1. The van der Waals surface area contributed by atoms with Crippen LogP contribution < -0.4 is 5.73 Å². The lowest BCUT2D eigenvalue weighted by Gasteiger charge is -2.10.